The van der Waals surface area contributed by atoms with Crippen molar-refractivity contribution in [3.8, 4) is 0 Å². The van der Waals surface area contributed by atoms with Crippen LogP contribution in [-0.4, -0.2) is 44.1 Å². The summed E-state index contributed by atoms with van der Waals surface area (Å²) in [5.41, 5.74) is 2.22. The van der Waals surface area contributed by atoms with Crippen LogP contribution in [0.1, 0.15) is 30.4 Å². The van der Waals surface area contributed by atoms with Crippen molar-refractivity contribution in [3.05, 3.63) is 57.5 Å². The van der Waals surface area contributed by atoms with E-state index in [9.17, 15) is 10.1 Å². The van der Waals surface area contributed by atoms with Crippen LogP contribution in [0.25, 0.3) is 0 Å². The molecule has 1 unspecified atom stereocenters. The Hall–Kier alpha value is -2.12. The van der Waals surface area contributed by atoms with E-state index in [4.69, 9.17) is 4.74 Å². The van der Waals surface area contributed by atoms with Gasteiger partial charge in [-0.25, -0.2) is 0 Å². The van der Waals surface area contributed by atoms with Crippen molar-refractivity contribution in [1.82, 2.24) is 15.5 Å². The predicted octanol–water partition coefficient (Wildman–Crippen LogP) is 2.03. The van der Waals surface area contributed by atoms with Crippen molar-refractivity contribution < 1.29 is 9.66 Å². The van der Waals surface area contributed by atoms with Gasteiger partial charge in [-0.05, 0) is 45.3 Å². The fourth-order valence-electron chi connectivity index (χ4n) is 3.36. The van der Waals surface area contributed by atoms with Gasteiger partial charge in [-0.15, -0.1) is 0 Å². The van der Waals surface area contributed by atoms with Gasteiger partial charge >= 0.3 is 0 Å². The average molecular weight is 348 g/mol. The molecule has 25 heavy (non-hydrogen) atoms. The van der Waals surface area contributed by atoms with Crippen molar-refractivity contribution in [1.29, 1.82) is 0 Å². The van der Waals surface area contributed by atoms with Crippen molar-refractivity contribution >= 4 is 0 Å². The number of hydrogen-bond acceptors (Lipinski definition) is 6. The van der Waals surface area contributed by atoms with E-state index in [1.165, 1.54) is 11.1 Å². The average Bonchev–Trinajstić information content (AvgIpc) is 2.60. The maximum atomic E-state index is 10.5. The number of hydrogen-bond donors (Lipinski definition) is 2. The third-order valence-corrected chi connectivity index (χ3v) is 4.60. The van der Waals surface area contributed by atoms with Crippen LogP contribution in [0, 0.1) is 10.1 Å². The first kappa shape index (κ1) is 19.2. The normalized spacial score (nSPS) is 20.2. The fraction of sp³-hybridized carbons (Fsp3) is 0.556. The van der Waals surface area contributed by atoms with Crippen LogP contribution in [0.4, 0.5) is 0 Å². The molecule has 1 aromatic rings. The molecule has 0 radical (unpaired) electrons. The number of aryl methyl sites for hydroxylation is 1. The molecular formula is C18H28N4O3. The number of rotatable bonds is 9. The van der Waals surface area contributed by atoms with E-state index in [1.54, 1.807) is 7.05 Å². The number of nitrogens with one attached hydrogen (secondary N) is 2. The van der Waals surface area contributed by atoms with Gasteiger partial charge < -0.3 is 15.4 Å². The number of benzene rings is 1. The Morgan fingerprint density at radius 1 is 1.44 bits per heavy atom. The number of ether oxygens (including phenoxy) is 1. The lowest BCUT2D eigenvalue weighted by Crippen LogP contribution is -2.46. The van der Waals surface area contributed by atoms with Gasteiger partial charge in [-0.3, -0.25) is 15.0 Å². The minimum Gasteiger partial charge on any atom is -0.370 e. The van der Waals surface area contributed by atoms with Crippen LogP contribution in [0.3, 0.4) is 0 Å². The van der Waals surface area contributed by atoms with Crippen LogP contribution in [0.2, 0.25) is 0 Å². The summed E-state index contributed by atoms with van der Waals surface area (Å²) in [7, 11) is 5.76. The van der Waals surface area contributed by atoms with E-state index in [0.29, 0.717) is 19.0 Å². The lowest BCUT2D eigenvalue weighted by Gasteiger charge is -2.44. The van der Waals surface area contributed by atoms with E-state index in [-0.39, 0.29) is 0 Å². The second-order valence-corrected chi connectivity index (χ2v) is 6.40. The Labute approximate surface area is 149 Å². The summed E-state index contributed by atoms with van der Waals surface area (Å²) in [4.78, 5) is 12.2. The first-order chi connectivity index (χ1) is 12.0. The maximum Gasteiger partial charge on any atom is 0.274 e. The smallest absolute Gasteiger partial charge is 0.274 e. The highest BCUT2D eigenvalue weighted by Crippen LogP contribution is 2.39. The van der Waals surface area contributed by atoms with Gasteiger partial charge in [0.05, 0.1) is 11.5 Å². The molecule has 0 saturated heterocycles. The summed E-state index contributed by atoms with van der Waals surface area (Å²) in [5, 5.41) is 16.3. The third kappa shape index (κ3) is 4.70. The summed E-state index contributed by atoms with van der Waals surface area (Å²) in [6.07, 6.45) is 4.85. The van der Waals surface area contributed by atoms with E-state index in [2.05, 4.69) is 53.9 Å². The molecule has 1 aliphatic carbocycles. The third-order valence-electron chi connectivity index (χ3n) is 4.60. The second-order valence-electron chi connectivity index (χ2n) is 6.40. The van der Waals surface area contributed by atoms with Gasteiger partial charge in [-0.1, -0.05) is 24.3 Å². The van der Waals surface area contributed by atoms with Crippen LogP contribution in [0.15, 0.2) is 36.3 Å². The van der Waals surface area contributed by atoms with E-state index in [1.807, 2.05) is 0 Å². The van der Waals surface area contributed by atoms with Gasteiger partial charge in [0.1, 0.15) is 5.72 Å². The molecule has 0 bridgehead atoms. The van der Waals surface area contributed by atoms with E-state index in [0.717, 1.165) is 31.9 Å². The van der Waals surface area contributed by atoms with Crippen molar-refractivity contribution in [2.24, 2.45) is 0 Å². The molecule has 1 aromatic carbocycles. The lowest BCUT2D eigenvalue weighted by molar-refractivity contribution is -0.404. The van der Waals surface area contributed by atoms with E-state index >= 15 is 0 Å². The molecule has 7 heteroatoms. The van der Waals surface area contributed by atoms with Crippen molar-refractivity contribution in [2.45, 2.75) is 31.4 Å². The van der Waals surface area contributed by atoms with Crippen LogP contribution >= 0.6 is 0 Å². The highest BCUT2D eigenvalue weighted by Gasteiger charge is 2.39. The molecule has 7 nitrogen and oxygen atoms in total. The molecular weight excluding hydrogens is 320 g/mol. The fourth-order valence-corrected chi connectivity index (χ4v) is 3.36. The zero-order chi connectivity index (χ0) is 18.3. The molecule has 0 aromatic heterocycles. The SMILES string of the molecule is CN/C(=C\[N+](=O)[O-])NCCCOC1(N(C)C)CCCc2ccccc21. The van der Waals surface area contributed by atoms with Gasteiger partial charge in [0.25, 0.3) is 6.20 Å². The summed E-state index contributed by atoms with van der Waals surface area (Å²) >= 11 is 0. The monoisotopic (exact) mass is 348 g/mol. The first-order valence-electron chi connectivity index (χ1n) is 8.66. The molecule has 1 aliphatic rings. The van der Waals surface area contributed by atoms with E-state index < -0.39 is 10.6 Å². The van der Waals surface area contributed by atoms with Crippen LogP contribution < -0.4 is 10.6 Å². The molecule has 0 fully saturated rings. The first-order valence-corrected chi connectivity index (χ1v) is 8.66. The Kier molecular flexibility index (Phi) is 6.78. The van der Waals surface area contributed by atoms with Gasteiger partial charge in [0.2, 0.25) is 0 Å². The summed E-state index contributed by atoms with van der Waals surface area (Å²) in [6.45, 7) is 1.18. The highest BCUT2D eigenvalue weighted by molar-refractivity contribution is 5.34. The summed E-state index contributed by atoms with van der Waals surface area (Å²) < 4.78 is 6.37. The van der Waals surface area contributed by atoms with Crippen molar-refractivity contribution in [3.63, 3.8) is 0 Å². The Balaban J connectivity index is 1.95. The lowest BCUT2D eigenvalue weighted by atomic mass is 9.84. The number of nitrogens with zero attached hydrogens (tertiary/aromatic N) is 2. The molecule has 0 heterocycles. The van der Waals surface area contributed by atoms with Crippen LogP contribution in [0.5, 0.6) is 0 Å². The second kappa shape index (κ2) is 8.82. The Morgan fingerprint density at radius 2 is 2.20 bits per heavy atom. The molecule has 2 N–H and O–H groups in total. The van der Waals surface area contributed by atoms with Gasteiger partial charge in [0.15, 0.2) is 5.82 Å². The Bertz CT molecular complexity index is 618. The highest BCUT2D eigenvalue weighted by atomic mass is 16.6. The standard InChI is InChI=1S/C18H28N4O3/c1-19-17(14-22(23)24)20-12-7-13-25-18(21(2)3)11-6-9-15-8-4-5-10-16(15)18/h4-5,8,10,14,19-20H,6-7,9,11-13H2,1-3H3/b17-14+. The molecule has 0 spiro atoms. The predicted molar refractivity (Wildman–Crippen MR) is 97.5 cm³/mol. The maximum absolute atomic E-state index is 10.5. The zero-order valence-corrected chi connectivity index (χ0v) is 15.2. The zero-order valence-electron chi connectivity index (χ0n) is 15.2. The van der Waals surface area contributed by atoms with Gasteiger partial charge in [-0.2, -0.15) is 0 Å². The molecule has 138 valence electrons. The summed E-state index contributed by atoms with van der Waals surface area (Å²) in [5.74, 6) is 0.398. The molecule has 0 aliphatic heterocycles. The molecule has 0 amide bonds. The minimum atomic E-state index is -0.477. The van der Waals surface area contributed by atoms with Crippen molar-refractivity contribution in [2.75, 3.05) is 34.3 Å². The minimum absolute atomic E-state index is 0.392. The largest absolute Gasteiger partial charge is 0.370 e. The molecule has 1 atom stereocenters. The summed E-state index contributed by atoms with van der Waals surface area (Å²) in [6, 6.07) is 8.48. The number of nitro groups is 1. The van der Waals surface area contributed by atoms with Gasteiger partial charge in [0, 0.05) is 19.2 Å². The molecule has 0 saturated carbocycles. The Morgan fingerprint density at radius 3 is 2.88 bits per heavy atom. The van der Waals surface area contributed by atoms with Crippen LogP contribution in [-0.2, 0) is 16.9 Å². The quantitative estimate of drug-likeness (QED) is 0.308. The topological polar surface area (TPSA) is 79.7 Å². The molecule has 2 rings (SSSR count). The number of fused-ring (bicyclic) bond motifs is 1.